The van der Waals surface area contributed by atoms with Gasteiger partial charge in [0.1, 0.15) is 5.69 Å². The quantitative estimate of drug-likeness (QED) is 0.541. The van der Waals surface area contributed by atoms with Crippen LogP contribution in [0.4, 0.5) is 8.78 Å². The van der Waals surface area contributed by atoms with Gasteiger partial charge >= 0.3 is 0 Å². The second kappa shape index (κ2) is 8.17. The average molecular weight is 337 g/mol. The molecule has 0 N–H and O–H groups in total. The number of carbonyl (C=O) groups excluding carboxylic acids is 1. The number of hydrogen-bond donors (Lipinski definition) is 0. The molecule has 4 nitrogen and oxygen atoms in total. The highest BCUT2D eigenvalue weighted by Gasteiger charge is 2.31. The Kier molecular flexibility index (Phi) is 6.23. The lowest BCUT2D eigenvalue weighted by atomic mass is 10.1. The zero-order chi connectivity index (χ0) is 17.7. The van der Waals surface area contributed by atoms with E-state index >= 15 is 0 Å². The fourth-order valence-corrected chi connectivity index (χ4v) is 2.52. The van der Waals surface area contributed by atoms with Crippen LogP contribution in [0.25, 0.3) is 0 Å². The van der Waals surface area contributed by atoms with E-state index in [-0.39, 0.29) is 18.9 Å². The van der Waals surface area contributed by atoms with Gasteiger partial charge in [0, 0.05) is 19.4 Å². The van der Waals surface area contributed by atoms with Gasteiger partial charge in [0.05, 0.1) is 6.04 Å². The summed E-state index contributed by atoms with van der Waals surface area (Å²) in [4.78, 5) is 12.6. The van der Waals surface area contributed by atoms with E-state index in [1.54, 1.807) is 20.8 Å². The van der Waals surface area contributed by atoms with Crippen LogP contribution in [-0.2, 0) is 9.47 Å². The summed E-state index contributed by atoms with van der Waals surface area (Å²) in [5, 5.41) is 0. The summed E-state index contributed by atoms with van der Waals surface area (Å²) < 4.78 is 39.8. The van der Waals surface area contributed by atoms with E-state index in [1.165, 1.54) is 4.57 Å². The summed E-state index contributed by atoms with van der Waals surface area (Å²) >= 11 is 0. The molecule has 0 radical (unpaired) electrons. The molecule has 2 aromatic rings. The maximum Gasteiger partial charge on any atom is 0.238 e. The van der Waals surface area contributed by atoms with Crippen molar-refractivity contribution in [3.8, 4) is 0 Å². The first kappa shape index (κ1) is 18.3. The molecule has 0 spiro atoms. The van der Waals surface area contributed by atoms with E-state index in [0.29, 0.717) is 0 Å². The predicted molar refractivity (Wildman–Crippen MR) is 86.0 cm³/mol. The molecule has 0 amide bonds. The van der Waals surface area contributed by atoms with E-state index in [1.807, 2.05) is 30.3 Å². The SMILES string of the molecule is CCOC(OCC)C(=O)c1c(F)c(F)cn1[C@H](C)c1ccccc1. The summed E-state index contributed by atoms with van der Waals surface area (Å²) in [6, 6.07) is 8.74. The van der Waals surface area contributed by atoms with Gasteiger partial charge in [0.25, 0.3) is 0 Å². The van der Waals surface area contributed by atoms with Crippen molar-refractivity contribution in [2.75, 3.05) is 13.2 Å². The molecule has 1 aromatic heterocycles. The third kappa shape index (κ3) is 3.71. The van der Waals surface area contributed by atoms with Crippen molar-refractivity contribution in [3.63, 3.8) is 0 Å². The Morgan fingerprint density at radius 3 is 2.25 bits per heavy atom. The molecule has 0 saturated carbocycles. The first-order chi connectivity index (χ1) is 11.5. The maximum atomic E-state index is 14.3. The van der Waals surface area contributed by atoms with Crippen molar-refractivity contribution in [1.82, 2.24) is 4.57 Å². The minimum Gasteiger partial charge on any atom is -0.346 e. The lowest BCUT2D eigenvalue weighted by molar-refractivity contribution is -0.108. The molecule has 1 atom stereocenters. The summed E-state index contributed by atoms with van der Waals surface area (Å²) in [6.45, 7) is 5.59. The fraction of sp³-hybridized carbons (Fsp3) is 0.389. The topological polar surface area (TPSA) is 40.5 Å². The molecule has 0 saturated heterocycles. The van der Waals surface area contributed by atoms with Crippen LogP contribution in [0.3, 0.4) is 0 Å². The highest BCUT2D eigenvalue weighted by molar-refractivity contribution is 5.97. The van der Waals surface area contributed by atoms with Gasteiger partial charge in [-0.3, -0.25) is 4.79 Å². The Balaban J connectivity index is 2.44. The van der Waals surface area contributed by atoms with E-state index in [4.69, 9.17) is 9.47 Å². The van der Waals surface area contributed by atoms with Gasteiger partial charge in [-0.1, -0.05) is 30.3 Å². The van der Waals surface area contributed by atoms with Crippen LogP contribution < -0.4 is 0 Å². The number of hydrogen-bond acceptors (Lipinski definition) is 3. The Morgan fingerprint density at radius 2 is 1.71 bits per heavy atom. The first-order valence-electron chi connectivity index (χ1n) is 7.89. The zero-order valence-electron chi connectivity index (χ0n) is 14.0. The number of halogens is 2. The van der Waals surface area contributed by atoms with Gasteiger partial charge in [-0.25, -0.2) is 8.78 Å². The maximum absolute atomic E-state index is 14.3. The Labute approximate surface area is 140 Å². The average Bonchev–Trinajstić information content (AvgIpc) is 2.89. The van der Waals surface area contributed by atoms with E-state index in [0.717, 1.165) is 11.8 Å². The number of benzene rings is 1. The normalized spacial score (nSPS) is 12.6. The van der Waals surface area contributed by atoms with Crippen molar-refractivity contribution < 1.29 is 23.0 Å². The Morgan fingerprint density at radius 1 is 1.12 bits per heavy atom. The Hall–Kier alpha value is -2.05. The summed E-state index contributed by atoms with van der Waals surface area (Å²) in [5.74, 6) is -3.00. The molecule has 0 fully saturated rings. The van der Waals surface area contributed by atoms with Crippen LogP contribution in [0.2, 0.25) is 0 Å². The summed E-state index contributed by atoms with van der Waals surface area (Å²) in [7, 11) is 0. The van der Waals surface area contributed by atoms with Crippen LogP contribution in [0.15, 0.2) is 36.5 Å². The van der Waals surface area contributed by atoms with Crippen LogP contribution in [-0.4, -0.2) is 29.9 Å². The largest absolute Gasteiger partial charge is 0.346 e. The monoisotopic (exact) mass is 337 g/mol. The molecule has 1 aromatic carbocycles. The standard InChI is InChI=1S/C18H21F2NO3/c1-4-23-18(24-5-2)17(22)16-15(20)14(19)11-21(16)12(3)13-9-7-6-8-10-13/h6-12,18H,4-5H2,1-3H3/t12-/m1/s1. The fourth-order valence-electron chi connectivity index (χ4n) is 2.52. The number of Topliss-reactive ketones (excluding diaryl/α,β-unsaturated/α-hetero) is 1. The van der Waals surface area contributed by atoms with Crippen LogP contribution in [0, 0.1) is 11.6 Å². The number of carbonyl (C=O) groups is 1. The first-order valence-corrected chi connectivity index (χ1v) is 7.89. The highest BCUT2D eigenvalue weighted by Crippen LogP contribution is 2.26. The summed E-state index contributed by atoms with van der Waals surface area (Å²) in [5.41, 5.74) is 0.446. The second-order valence-electron chi connectivity index (χ2n) is 5.24. The molecule has 1 heterocycles. The number of rotatable bonds is 8. The smallest absolute Gasteiger partial charge is 0.238 e. The number of nitrogens with zero attached hydrogens (tertiary/aromatic N) is 1. The molecule has 24 heavy (non-hydrogen) atoms. The molecular formula is C18H21F2NO3. The van der Waals surface area contributed by atoms with Crippen LogP contribution in [0.5, 0.6) is 0 Å². The van der Waals surface area contributed by atoms with Crippen molar-refractivity contribution in [3.05, 3.63) is 59.4 Å². The molecule has 2 rings (SSSR count). The van der Waals surface area contributed by atoms with Crippen LogP contribution >= 0.6 is 0 Å². The van der Waals surface area contributed by atoms with Gasteiger partial charge in [-0.15, -0.1) is 0 Å². The molecule has 0 aliphatic rings. The molecule has 0 bridgehead atoms. The Bertz CT molecular complexity index is 679. The van der Waals surface area contributed by atoms with Crippen molar-refractivity contribution >= 4 is 5.78 Å². The summed E-state index contributed by atoms with van der Waals surface area (Å²) in [6.07, 6.45) is -0.264. The van der Waals surface area contributed by atoms with Crippen molar-refractivity contribution in [2.24, 2.45) is 0 Å². The minimum absolute atomic E-state index is 0.218. The second-order valence-corrected chi connectivity index (χ2v) is 5.24. The molecule has 0 aliphatic carbocycles. The van der Waals surface area contributed by atoms with Gasteiger partial charge in [0.15, 0.2) is 11.6 Å². The van der Waals surface area contributed by atoms with Crippen molar-refractivity contribution in [1.29, 1.82) is 0 Å². The third-order valence-electron chi connectivity index (χ3n) is 3.71. The van der Waals surface area contributed by atoms with Crippen molar-refractivity contribution in [2.45, 2.75) is 33.1 Å². The van der Waals surface area contributed by atoms with E-state index in [9.17, 15) is 13.6 Å². The lowest BCUT2D eigenvalue weighted by Gasteiger charge is -2.20. The number of ketones is 1. The van der Waals surface area contributed by atoms with E-state index < -0.39 is 29.7 Å². The van der Waals surface area contributed by atoms with Gasteiger partial charge < -0.3 is 14.0 Å². The predicted octanol–water partition coefficient (Wildman–Crippen LogP) is 3.96. The number of aromatic nitrogens is 1. The lowest BCUT2D eigenvalue weighted by Crippen LogP contribution is -2.31. The van der Waals surface area contributed by atoms with Gasteiger partial charge in [0.2, 0.25) is 12.1 Å². The van der Waals surface area contributed by atoms with Gasteiger partial charge in [-0.05, 0) is 26.3 Å². The molecule has 0 aliphatic heterocycles. The number of ether oxygens (including phenoxy) is 2. The van der Waals surface area contributed by atoms with Gasteiger partial charge in [-0.2, -0.15) is 0 Å². The molecule has 6 heteroatoms. The molecule has 130 valence electrons. The molecular weight excluding hydrogens is 316 g/mol. The highest BCUT2D eigenvalue weighted by atomic mass is 19.2. The third-order valence-corrected chi connectivity index (χ3v) is 3.71. The van der Waals surface area contributed by atoms with E-state index in [2.05, 4.69) is 0 Å². The molecule has 0 unspecified atom stereocenters. The minimum atomic E-state index is -1.26. The zero-order valence-corrected chi connectivity index (χ0v) is 14.0. The van der Waals surface area contributed by atoms with Crippen LogP contribution in [0.1, 0.15) is 42.9 Å².